The number of aldehydes is 1. The number of hydroxylamine groups is 1. The van der Waals surface area contributed by atoms with Crippen LogP contribution in [0.5, 0.6) is 0 Å². The number of carbonyl (C=O) groups is 2. The minimum Gasteiger partial charge on any atom is -0.369 e. The molecular formula is C17H25N7O3S. The van der Waals surface area contributed by atoms with Crippen molar-refractivity contribution >= 4 is 40.3 Å². The lowest BCUT2D eigenvalue weighted by Gasteiger charge is -2.17. The van der Waals surface area contributed by atoms with E-state index in [9.17, 15) is 9.59 Å². The SMILES string of the molecule is Cc1nc(NCCN(C)CCCCC(=O)NO)cc(Nc2ncc(C=O)s2)n1. The molecular weight excluding hydrogens is 382 g/mol. The summed E-state index contributed by atoms with van der Waals surface area (Å²) >= 11 is 1.26. The highest BCUT2D eigenvalue weighted by Crippen LogP contribution is 2.21. The highest BCUT2D eigenvalue weighted by atomic mass is 32.1. The maximum absolute atomic E-state index is 11.0. The Balaban J connectivity index is 1.76. The monoisotopic (exact) mass is 407 g/mol. The normalized spacial score (nSPS) is 10.7. The van der Waals surface area contributed by atoms with Gasteiger partial charge < -0.3 is 15.5 Å². The van der Waals surface area contributed by atoms with Gasteiger partial charge >= 0.3 is 0 Å². The van der Waals surface area contributed by atoms with Crippen LogP contribution in [-0.2, 0) is 4.79 Å². The lowest BCUT2D eigenvalue weighted by Crippen LogP contribution is -2.26. The first-order valence-corrected chi connectivity index (χ1v) is 9.71. The maximum atomic E-state index is 11.0. The van der Waals surface area contributed by atoms with Crippen LogP contribution < -0.4 is 16.1 Å². The predicted octanol–water partition coefficient (Wildman–Crippen LogP) is 1.82. The molecule has 2 aromatic rings. The molecule has 0 spiro atoms. The molecule has 0 unspecified atom stereocenters. The number of anilines is 3. The van der Waals surface area contributed by atoms with Crippen LogP contribution in [-0.4, -0.2) is 63.9 Å². The number of amides is 1. The molecule has 152 valence electrons. The smallest absolute Gasteiger partial charge is 0.243 e. The van der Waals surface area contributed by atoms with Crippen LogP contribution in [0.15, 0.2) is 12.3 Å². The molecule has 0 aromatic carbocycles. The van der Waals surface area contributed by atoms with E-state index in [2.05, 4.69) is 30.5 Å². The van der Waals surface area contributed by atoms with Crippen molar-refractivity contribution in [1.29, 1.82) is 0 Å². The van der Waals surface area contributed by atoms with E-state index in [1.165, 1.54) is 17.5 Å². The molecule has 4 N–H and O–H groups in total. The third-order valence-corrected chi connectivity index (χ3v) is 4.67. The Kier molecular flexibility index (Phi) is 8.72. The Bertz CT molecular complexity index is 784. The number of thiazole rings is 1. The van der Waals surface area contributed by atoms with Gasteiger partial charge in [-0.15, -0.1) is 0 Å². The predicted molar refractivity (Wildman–Crippen MR) is 107 cm³/mol. The van der Waals surface area contributed by atoms with Gasteiger partial charge in [-0.1, -0.05) is 11.3 Å². The van der Waals surface area contributed by atoms with Gasteiger partial charge in [0.1, 0.15) is 17.5 Å². The molecule has 2 rings (SSSR count). The van der Waals surface area contributed by atoms with Crippen LogP contribution in [0, 0.1) is 6.92 Å². The number of hydrogen-bond donors (Lipinski definition) is 4. The lowest BCUT2D eigenvalue weighted by atomic mass is 10.2. The molecule has 1 amide bonds. The van der Waals surface area contributed by atoms with E-state index in [-0.39, 0.29) is 5.91 Å². The molecule has 0 aliphatic heterocycles. The minimum absolute atomic E-state index is 0.325. The molecule has 28 heavy (non-hydrogen) atoms. The lowest BCUT2D eigenvalue weighted by molar-refractivity contribution is -0.129. The Morgan fingerprint density at radius 1 is 1.29 bits per heavy atom. The quantitative estimate of drug-likeness (QED) is 0.180. The van der Waals surface area contributed by atoms with Gasteiger partial charge in [-0.2, -0.15) is 0 Å². The number of aromatic nitrogens is 3. The van der Waals surface area contributed by atoms with Gasteiger partial charge in [0.05, 0.1) is 11.1 Å². The molecule has 0 fully saturated rings. The summed E-state index contributed by atoms with van der Waals surface area (Å²) in [4.78, 5) is 37.3. The van der Waals surface area contributed by atoms with E-state index in [0.717, 1.165) is 32.2 Å². The summed E-state index contributed by atoms with van der Waals surface area (Å²) < 4.78 is 0. The van der Waals surface area contributed by atoms with Gasteiger partial charge in [0.25, 0.3) is 0 Å². The topological polar surface area (TPSA) is 132 Å². The zero-order valence-corrected chi connectivity index (χ0v) is 16.8. The second-order valence-electron chi connectivity index (χ2n) is 6.22. The second kappa shape index (κ2) is 11.3. The molecule has 10 nitrogen and oxygen atoms in total. The molecule has 0 radical (unpaired) electrons. The summed E-state index contributed by atoms with van der Waals surface area (Å²) in [6.07, 6.45) is 4.21. The molecule has 11 heteroatoms. The van der Waals surface area contributed by atoms with Gasteiger partial charge in [0.2, 0.25) is 5.91 Å². The van der Waals surface area contributed by atoms with Crippen LogP contribution in [0.1, 0.15) is 34.8 Å². The van der Waals surface area contributed by atoms with Crippen molar-refractivity contribution in [3.63, 3.8) is 0 Å². The van der Waals surface area contributed by atoms with Gasteiger partial charge in [-0.05, 0) is 33.4 Å². The van der Waals surface area contributed by atoms with Crippen molar-refractivity contribution in [1.82, 2.24) is 25.3 Å². The van der Waals surface area contributed by atoms with E-state index in [1.807, 2.05) is 14.0 Å². The van der Waals surface area contributed by atoms with Gasteiger partial charge in [0.15, 0.2) is 11.4 Å². The first-order chi connectivity index (χ1) is 13.5. The third kappa shape index (κ3) is 7.55. The van der Waals surface area contributed by atoms with Gasteiger partial charge in [-0.25, -0.2) is 20.4 Å². The molecule has 2 heterocycles. The van der Waals surface area contributed by atoms with Crippen molar-refractivity contribution < 1.29 is 14.8 Å². The molecule has 0 bridgehead atoms. The van der Waals surface area contributed by atoms with Crippen molar-refractivity contribution in [3.05, 3.63) is 23.0 Å². The Hall–Kier alpha value is -2.63. The Morgan fingerprint density at radius 2 is 2.07 bits per heavy atom. The molecule has 0 atom stereocenters. The number of carbonyl (C=O) groups excluding carboxylic acids is 2. The zero-order chi connectivity index (χ0) is 20.4. The number of likely N-dealkylation sites (N-methyl/N-ethyl adjacent to an activating group) is 1. The van der Waals surface area contributed by atoms with Crippen LogP contribution >= 0.6 is 11.3 Å². The first-order valence-electron chi connectivity index (χ1n) is 8.89. The molecule has 0 saturated carbocycles. The maximum Gasteiger partial charge on any atom is 0.243 e. The fourth-order valence-electron chi connectivity index (χ4n) is 2.44. The van der Waals surface area contributed by atoms with Gasteiger partial charge in [0, 0.05) is 25.6 Å². The van der Waals surface area contributed by atoms with Crippen molar-refractivity contribution in [3.8, 4) is 0 Å². The van der Waals surface area contributed by atoms with E-state index in [4.69, 9.17) is 5.21 Å². The minimum atomic E-state index is -0.354. The highest BCUT2D eigenvalue weighted by Gasteiger charge is 2.06. The molecule has 2 aromatic heterocycles. The number of nitrogens with one attached hydrogen (secondary N) is 3. The number of aryl methyl sites for hydroxylation is 1. The zero-order valence-electron chi connectivity index (χ0n) is 15.9. The molecule has 0 aliphatic rings. The fourth-order valence-corrected chi connectivity index (χ4v) is 3.08. The van der Waals surface area contributed by atoms with Crippen molar-refractivity contribution in [2.45, 2.75) is 26.2 Å². The summed E-state index contributed by atoms with van der Waals surface area (Å²) in [6.45, 7) is 4.19. The summed E-state index contributed by atoms with van der Waals surface area (Å²) in [7, 11) is 2.01. The first kappa shape index (κ1) is 21.7. The average molecular weight is 408 g/mol. The third-order valence-electron chi connectivity index (χ3n) is 3.83. The summed E-state index contributed by atoms with van der Waals surface area (Å²) in [5.41, 5.74) is 1.64. The Labute approximate surface area is 167 Å². The van der Waals surface area contributed by atoms with Crippen LogP contribution in [0.3, 0.4) is 0 Å². The average Bonchev–Trinajstić information content (AvgIpc) is 3.12. The molecule has 0 aliphatic carbocycles. The summed E-state index contributed by atoms with van der Waals surface area (Å²) in [6, 6.07) is 1.79. The van der Waals surface area contributed by atoms with Gasteiger partial charge in [-0.3, -0.25) is 14.8 Å². The summed E-state index contributed by atoms with van der Waals surface area (Å²) in [5.74, 6) is 1.58. The number of rotatable bonds is 12. The van der Waals surface area contributed by atoms with Crippen molar-refractivity contribution in [2.75, 3.05) is 37.3 Å². The number of unbranched alkanes of at least 4 members (excludes halogenated alkanes) is 1. The van der Waals surface area contributed by atoms with Crippen LogP contribution in [0.2, 0.25) is 0 Å². The van der Waals surface area contributed by atoms with E-state index in [1.54, 1.807) is 11.5 Å². The van der Waals surface area contributed by atoms with E-state index in [0.29, 0.717) is 40.4 Å². The largest absolute Gasteiger partial charge is 0.369 e. The number of nitrogens with zero attached hydrogens (tertiary/aromatic N) is 4. The summed E-state index contributed by atoms with van der Waals surface area (Å²) in [5, 5.41) is 15.4. The van der Waals surface area contributed by atoms with E-state index < -0.39 is 0 Å². The van der Waals surface area contributed by atoms with E-state index >= 15 is 0 Å². The second-order valence-corrected chi connectivity index (χ2v) is 7.28. The Morgan fingerprint density at radius 3 is 2.79 bits per heavy atom. The van der Waals surface area contributed by atoms with Crippen LogP contribution in [0.25, 0.3) is 0 Å². The van der Waals surface area contributed by atoms with Crippen molar-refractivity contribution in [2.24, 2.45) is 0 Å². The highest BCUT2D eigenvalue weighted by molar-refractivity contribution is 7.17. The fraction of sp³-hybridized carbons (Fsp3) is 0.471. The standard InChI is InChI=1S/C17H25N7O3S/c1-12-20-14(9-15(21-12)22-17-19-10-13(11-25)28-17)18-6-8-24(2)7-4-3-5-16(26)23-27/h9-11,27H,3-8H2,1-2H3,(H,23,26)(H2,18,19,20,21,22). The van der Waals surface area contributed by atoms with Crippen LogP contribution in [0.4, 0.5) is 16.8 Å². The number of hydrogen-bond acceptors (Lipinski definition) is 10. The molecule has 0 saturated heterocycles.